The number of benzene rings is 2. The van der Waals surface area contributed by atoms with Crippen molar-refractivity contribution in [3.8, 4) is 5.75 Å². The third-order valence-electron chi connectivity index (χ3n) is 7.33. The van der Waals surface area contributed by atoms with Crippen LogP contribution in [-0.2, 0) is 11.8 Å². The van der Waals surface area contributed by atoms with E-state index in [2.05, 4.69) is 46.0 Å². The predicted octanol–water partition coefficient (Wildman–Crippen LogP) is 3.58. The Morgan fingerprint density at radius 2 is 1.85 bits per heavy atom. The molecule has 0 spiro atoms. The maximum atomic E-state index is 12.8. The summed E-state index contributed by atoms with van der Waals surface area (Å²) in [6, 6.07) is 16.1. The molecule has 2 aromatic carbocycles. The van der Waals surface area contributed by atoms with Crippen molar-refractivity contribution in [1.82, 2.24) is 25.7 Å². The molecular weight excluding hydrogens is 414 g/mol. The number of fused-ring (bicyclic) bond motifs is 1. The number of nitrogens with zero attached hydrogens (tertiary/aromatic N) is 2. The summed E-state index contributed by atoms with van der Waals surface area (Å²) in [7, 11) is 3.80. The molecule has 7 heteroatoms. The van der Waals surface area contributed by atoms with Crippen LogP contribution in [-0.4, -0.2) is 35.2 Å². The lowest BCUT2D eigenvalue weighted by molar-refractivity contribution is -0.123. The fraction of sp³-hybridized carbons (Fsp3) is 0.462. The minimum atomic E-state index is -0.240. The highest BCUT2D eigenvalue weighted by atomic mass is 16.5. The predicted molar refractivity (Wildman–Crippen MR) is 129 cm³/mol. The molecule has 3 N–H and O–H groups in total. The molecule has 5 rings (SSSR count). The van der Waals surface area contributed by atoms with Gasteiger partial charge in [-0.2, -0.15) is 0 Å². The highest BCUT2D eigenvalue weighted by Crippen LogP contribution is 2.36. The van der Waals surface area contributed by atoms with Crippen molar-refractivity contribution in [1.29, 1.82) is 0 Å². The molecule has 174 valence electrons. The lowest BCUT2D eigenvalue weighted by Gasteiger charge is -2.28. The monoisotopic (exact) mass is 447 g/mol. The number of ether oxygens (including phenoxy) is 1. The summed E-state index contributed by atoms with van der Waals surface area (Å²) in [5, 5.41) is 3.19. The van der Waals surface area contributed by atoms with Crippen molar-refractivity contribution < 1.29 is 9.53 Å². The first-order chi connectivity index (χ1) is 16.1. The minimum Gasteiger partial charge on any atom is -0.496 e. The van der Waals surface area contributed by atoms with Gasteiger partial charge in [-0.15, -0.1) is 0 Å². The van der Waals surface area contributed by atoms with E-state index in [9.17, 15) is 4.79 Å². The quantitative estimate of drug-likeness (QED) is 0.538. The van der Waals surface area contributed by atoms with E-state index in [1.165, 1.54) is 11.3 Å². The number of para-hydroxylation sites is 3. The molecule has 1 saturated heterocycles. The van der Waals surface area contributed by atoms with Crippen LogP contribution in [0.5, 0.6) is 5.75 Å². The zero-order chi connectivity index (χ0) is 22.8. The van der Waals surface area contributed by atoms with E-state index < -0.39 is 0 Å². The number of hydrogen-bond donors (Lipinski definition) is 3. The average Bonchev–Trinajstić information content (AvgIpc) is 3.48. The Bertz CT molecular complexity index is 1120. The topological polar surface area (TPSA) is 80.2 Å². The molecule has 1 saturated carbocycles. The highest BCUT2D eigenvalue weighted by Gasteiger charge is 2.32. The van der Waals surface area contributed by atoms with Gasteiger partial charge in [0, 0.05) is 25.1 Å². The van der Waals surface area contributed by atoms with Gasteiger partial charge in [0.05, 0.1) is 24.2 Å². The van der Waals surface area contributed by atoms with Gasteiger partial charge in [-0.1, -0.05) is 30.3 Å². The van der Waals surface area contributed by atoms with Crippen LogP contribution in [0.3, 0.4) is 0 Å². The molecule has 2 atom stereocenters. The van der Waals surface area contributed by atoms with Crippen LogP contribution in [0.25, 0.3) is 11.0 Å². The minimum absolute atomic E-state index is 0.0561. The van der Waals surface area contributed by atoms with Gasteiger partial charge < -0.3 is 14.6 Å². The standard InChI is InChI=1S/C26H33N5O2/c1-31-23-9-5-4-8-20(23)28-25(31)18-13-11-17(12-14-18)16-27-26(32)22-15-21(29-30-22)19-7-3-6-10-24(19)33-2/h3-10,17-18,21-22,29-30H,11-16H2,1-2H3,(H,27,32). The average molecular weight is 448 g/mol. The highest BCUT2D eigenvalue weighted by molar-refractivity contribution is 5.82. The van der Waals surface area contributed by atoms with Gasteiger partial charge >= 0.3 is 0 Å². The van der Waals surface area contributed by atoms with Gasteiger partial charge in [0.25, 0.3) is 0 Å². The van der Waals surface area contributed by atoms with Crippen molar-refractivity contribution in [2.45, 2.75) is 50.1 Å². The number of aromatic nitrogens is 2. The van der Waals surface area contributed by atoms with Crippen molar-refractivity contribution in [2.24, 2.45) is 13.0 Å². The number of aryl methyl sites for hydroxylation is 1. The Morgan fingerprint density at radius 1 is 1.09 bits per heavy atom. The van der Waals surface area contributed by atoms with Crippen molar-refractivity contribution in [3.63, 3.8) is 0 Å². The van der Waals surface area contributed by atoms with Crippen LogP contribution < -0.4 is 20.9 Å². The Labute approximate surface area is 194 Å². The Kier molecular flexibility index (Phi) is 6.33. The molecule has 2 heterocycles. The maximum absolute atomic E-state index is 12.8. The van der Waals surface area contributed by atoms with Gasteiger partial charge in [-0.25, -0.2) is 15.8 Å². The summed E-state index contributed by atoms with van der Waals surface area (Å²) in [5.74, 6) is 3.13. The first-order valence-corrected chi connectivity index (χ1v) is 12.0. The first kappa shape index (κ1) is 21.9. The molecule has 1 amide bonds. The number of rotatable bonds is 6. The number of imidazole rings is 1. The molecule has 2 unspecified atom stereocenters. The molecular formula is C26H33N5O2. The van der Waals surface area contributed by atoms with Gasteiger partial charge in [-0.05, 0) is 56.2 Å². The first-order valence-electron chi connectivity index (χ1n) is 12.0. The second kappa shape index (κ2) is 9.53. The van der Waals surface area contributed by atoms with E-state index in [0.717, 1.165) is 49.1 Å². The lowest BCUT2D eigenvalue weighted by Crippen LogP contribution is -2.44. The number of methoxy groups -OCH3 is 1. The Morgan fingerprint density at radius 3 is 2.64 bits per heavy atom. The van der Waals surface area contributed by atoms with Gasteiger partial charge in [0.2, 0.25) is 5.91 Å². The van der Waals surface area contributed by atoms with E-state index >= 15 is 0 Å². The van der Waals surface area contributed by atoms with Crippen molar-refractivity contribution in [3.05, 3.63) is 59.9 Å². The second-order valence-corrected chi connectivity index (χ2v) is 9.35. The number of carbonyl (C=O) groups excluding carboxylic acids is 1. The van der Waals surface area contributed by atoms with Crippen LogP contribution in [0, 0.1) is 5.92 Å². The Hall–Kier alpha value is -2.90. The van der Waals surface area contributed by atoms with Gasteiger partial charge in [-0.3, -0.25) is 4.79 Å². The van der Waals surface area contributed by atoms with Crippen molar-refractivity contribution >= 4 is 16.9 Å². The van der Waals surface area contributed by atoms with E-state index in [-0.39, 0.29) is 18.0 Å². The molecule has 1 aliphatic heterocycles. The normalized spacial score (nSPS) is 25.3. The van der Waals surface area contributed by atoms with Crippen LogP contribution >= 0.6 is 0 Å². The molecule has 1 aliphatic carbocycles. The van der Waals surface area contributed by atoms with E-state index in [4.69, 9.17) is 9.72 Å². The molecule has 33 heavy (non-hydrogen) atoms. The van der Waals surface area contributed by atoms with Gasteiger partial charge in [0.1, 0.15) is 17.6 Å². The fourth-order valence-electron chi connectivity index (χ4n) is 5.41. The van der Waals surface area contributed by atoms with Crippen LogP contribution in [0.2, 0.25) is 0 Å². The summed E-state index contributed by atoms with van der Waals surface area (Å²) in [4.78, 5) is 17.7. The van der Waals surface area contributed by atoms with Crippen LogP contribution in [0.1, 0.15) is 55.5 Å². The molecule has 3 aromatic rings. The molecule has 0 bridgehead atoms. The number of hydrogen-bond acceptors (Lipinski definition) is 5. The SMILES string of the molecule is COc1ccccc1C1CC(C(=O)NCC2CCC(c3nc4ccccc4n3C)CC2)NN1. The summed E-state index contributed by atoms with van der Waals surface area (Å²) in [6.07, 6.45) is 5.18. The van der Waals surface area contributed by atoms with E-state index in [1.54, 1.807) is 7.11 Å². The summed E-state index contributed by atoms with van der Waals surface area (Å²) < 4.78 is 7.72. The fourth-order valence-corrected chi connectivity index (χ4v) is 5.41. The third-order valence-corrected chi connectivity index (χ3v) is 7.33. The van der Waals surface area contributed by atoms with Crippen LogP contribution in [0.4, 0.5) is 0 Å². The molecule has 0 radical (unpaired) electrons. The summed E-state index contributed by atoms with van der Waals surface area (Å²) in [6.45, 7) is 0.742. The molecule has 2 aliphatic rings. The third kappa shape index (κ3) is 4.48. The van der Waals surface area contributed by atoms with Crippen molar-refractivity contribution in [2.75, 3.05) is 13.7 Å². The number of amides is 1. The Balaban J connectivity index is 1.11. The number of carbonyl (C=O) groups is 1. The summed E-state index contributed by atoms with van der Waals surface area (Å²) >= 11 is 0. The van der Waals surface area contributed by atoms with Crippen LogP contribution in [0.15, 0.2) is 48.5 Å². The lowest BCUT2D eigenvalue weighted by atomic mass is 9.81. The summed E-state index contributed by atoms with van der Waals surface area (Å²) in [5.41, 5.74) is 9.77. The molecule has 2 fully saturated rings. The largest absolute Gasteiger partial charge is 0.496 e. The zero-order valence-electron chi connectivity index (χ0n) is 19.4. The van der Waals surface area contributed by atoms with E-state index in [1.807, 2.05) is 30.3 Å². The molecule has 7 nitrogen and oxygen atoms in total. The van der Waals surface area contributed by atoms with E-state index in [0.29, 0.717) is 18.3 Å². The second-order valence-electron chi connectivity index (χ2n) is 9.35. The zero-order valence-corrected chi connectivity index (χ0v) is 19.4. The maximum Gasteiger partial charge on any atom is 0.238 e. The number of nitrogens with one attached hydrogen (secondary N) is 3. The molecule has 1 aromatic heterocycles. The smallest absolute Gasteiger partial charge is 0.238 e. The number of hydrazine groups is 1. The van der Waals surface area contributed by atoms with Gasteiger partial charge in [0.15, 0.2) is 0 Å².